The first-order valence-corrected chi connectivity index (χ1v) is 8.33. The van der Waals surface area contributed by atoms with Crippen molar-refractivity contribution in [2.75, 3.05) is 14.2 Å². The van der Waals surface area contributed by atoms with Gasteiger partial charge in [0.15, 0.2) is 5.96 Å². The van der Waals surface area contributed by atoms with Crippen LogP contribution in [0.2, 0.25) is 0 Å². The highest BCUT2D eigenvalue weighted by Crippen LogP contribution is 2.15. The number of ether oxygens (including phenoxy) is 1. The highest BCUT2D eigenvalue weighted by Gasteiger charge is 2.01. The Labute approximate surface area is 171 Å². The van der Waals surface area contributed by atoms with Crippen LogP contribution in [0.4, 0.5) is 0 Å². The Bertz CT molecular complexity index is 880. The molecule has 136 valence electrons. The molecule has 4 nitrogen and oxygen atoms in total. The maximum absolute atomic E-state index is 5.25. The van der Waals surface area contributed by atoms with Crippen LogP contribution in [0.25, 0.3) is 10.8 Å². The molecule has 0 aliphatic heterocycles. The van der Waals surface area contributed by atoms with Crippen LogP contribution >= 0.6 is 24.0 Å². The largest absolute Gasteiger partial charge is 0.497 e. The van der Waals surface area contributed by atoms with Gasteiger partial charge >= 0.3 is 0 Å². The van der Waals surface area contributed by atoms with E-state index in [2.05, 4.69) is 64.2 Å². The maximum Gasteiger partial charge on any atom is 0.191 e. The monoisotopic (exact) mass is 461 g/mol. The summed E-state index contributed by atoms with van der Waals surface area (Å²) in [6.45, 7) is 1.41. The van der Waals surface area contributed by atoms with Gasteiger partial charge in [-0.2, -0.15) is 0 Å². The molecule has 0 saturated carbocycles. The number of benzene rings is 3. The summed E-state index contributed by atoms with van der Waals surface area (Å²) >= 11 is 0. The van der Waals surface area contributed by atoms with Crippen molar-refractivity contribution >= 4 is 40.7 Å². The van der Waals surface area contributed by atoms with Crippen molar-refractivity contribution in [3.05, 3.63) is 77.9 Å². The molecule has 0 bridgehead atoms. The molecule has 26 heavy (non-hydrogen) atoms. The Morgan fingerprint density at radius 3 is 2.23 bits per heavy atom. The summed E-state index contributed by atoms with van der Waals surface area (Å²) in [5, 5.41) is 9.19. The van der Waals surface area contributed by atoms with Crippen molar-refractivity contribution in [3.8, 4) is 5.75 Å². The zero-order valence-electron chi connectivity index (χ0n) is 15.0. The minimum Gasteiger partial charge on any atom is -0.497 e. The average molecular weight is 461 g/mol. The summed E-state index contributed by atoms with van der Waals surface area (Å²) in [6.07, 6.45) is 0. The minimum atomic E-state index is 0. The molecule has 2 N–H and O–H groups in total. The average Bonchev–Trinajstić information content (AvgIpc) is 2.68. The minimum absolute atomic E-state index is 0. The standard InChI is InChI=1S/C21H23N3O.HI/c1-22-21(23-14-16-6-5-9-20(13-16)25-2)24-15-17-10-11-18-7-3-4-8-19(18)12-17;/h3-13H,14-15H2,1-2H3,(H2,22,23,24);1H. The van der Waals surface area contributed by atoms with Gasteiger partial charge in [0, 0.05) is 20.1 Å². The van der Waals surface area contributed by atoms with Gasteiger partial charge in [0.25, 0.3) is 0 Å². The zero-order valence-corrected chi connectivity index (χ0v) is 17.4. The number of methoxy groups -OCH3 is 1. The van der Waals surface area contributed by atoms with Crippen LogP contribution in [0, 0.1) is 0 Å². The number of hydrogen-bond donors (Lipinski definition) is 2. The number of hydrogen-bond acceptors (Lipinski definition) is 2. The number of aliphatic imine (C=N–C) groups is 1. The molecule has 0 aliphatic carbocycles. The lowest BCUT2D eigenvalue weighted by Crippen LogP contribution is -2.36. The number of nitrogens with zero attached hydrogens (tertiary/aromatic N) is 1. The molecular formula is C21H24IN3O. The van der Waals surface area contributed by atoms with Crippen molar-refractivity contribution in [1.82, 2.24) is 10.6 Å². The molecular weight excluding hydrogens is 437 g/mol. The molecule has 3 rings (SSSR count). The Balaban J connectivity index is 0.00000243. The number of nitrogens with one attached hydrogen (secondary N) is 2. The summed E-state index contributed by atoms with van der Waals surface area (Å²) in [5.74, 6) is 1.63. The smallest absolute Gasteiger partial charge is 0.191 e. The molecule has 0 aliphatic rings. The number of guanidine groups is 1. The van der Waals surface area contributed by atoms with Gasteiger partial charge in [-0.25, -0.2) is 0 Å². The molecule has 0 saturated heterocycles. The second kappa shape index (κ2) is 10.0. The predicted molar refractivity (Wildman–Crippen MR) is 119 cm³/mol. The van der Waals surface area contributed by atoms with E-state index in [4.69, 9.17) is 4.74 Å². The molecule has 0 amide bonds. The van der Waals surface area contributed by atoms with E-state index in [0.717, 1.165) is 23.8 Å². The van der Waals surface area contributed by atoms with E-state index in [0.29, 0.717) is 6.54 Å². The van der Waals surface area contributed by atoms with E-state index in [-0.39, 0.29) is 24.0 Å². The number of fused-ring (bicyclic) bond motifs is 1. The topological polar surface area (TPSA) is 45.7 Å². The van der Waals surface area contributed by atoms with Gasteiger partial charge in [0.1, 0.15) is 5.75 Å². The summed E-state index contributed by atoms with van der Waals surface area (Å²) in [5.41, 5.74) is 2.37. The molecule has 0 spiro atoms. The zero-order chi connectivity index (χ0) is 17.5. The Hall–Kier alpha value is -2.28. The van der Waals surface area contributed by atoms with E-state index < -0.39 is 0 Å². The molecule has 3 aromatic carbocycles. The number of rotatable bonds is 5. The molecule has 0 radical (unpaired) electrons. The van der Waals surface area contributed by atoms with E-state index in [1.54, 1.807) is 14.2 Å². The molecule has 0 atom stereocenters. The third-order valence-corrected chi connectivity index (χ3v) is 4.09. The maximum atomic E-state index is 5.25. The number of halogens is 1. The summed E-state index contributed by atoms with van der Waals surface area (Å²) in [6, 6.07) is 22.9. The molecule has 3 aromatic rings. The van der Waals surface area contributed by atoms with Crippen molar-refractivity contribution in [2.24, 2.45) is 4.99 Å². The lowest BCUT2D eigenvalue weighted by Gasteiger charge is -2.13. The Morgan fingerprint density at radius 1 is 0.846 bits per heavy atom. The first-order chi connectivity index (χ1) is 12.3. The van der Waals surface area contributed by atoms with Crippen molar-refractivity contribution in [2.45, 2.75) is 13.1 Å². The van der Waals surface area contributed by atoms with Crippen LogP contribution in [0.3, 0.4) is 0 Å². The van der Waals surface area contributed by atoms with Crippen LogP contribution < -0.4 is 15.4 Å². The fraction of sp³-hybridized carbons (Fsp3) is 0.190. The summed E-state index contributed by atoms with van der Waals surface area (Å²) in [4.78, 5) is 4.29. The highest BCUT2D eigenvalue weighted by atomic mass is 127. The lowest BCUT2D eigenvalue weighted by molar-refractivity contribution is 0.414. The van der Waals surface area contributed by atoms with Crippen molar-refractivity contribution < 1.29 is 4.74 Å². The van der Waals surface area contributed by atoms with Gasteiger partial charge in [-0.3, -0.25) is 4.99 Å². The van der Waals surface area contributed by atoms with Gasteiger partial charge in [-0.1, -0.05) is 48.5 Å². The van der Waals surface area contributed by atoms with Crippen LogP contribution in [0.1, 0.15) is 11.1 Å². The fourth-order valence-electron chi connectivity index (χ4n) is 2.72. The van der Waals surface area contributed by atoms with Crippen LogP contribution in [0.5, 0.6) is 5.75 Å². The summed E-state index contributed by atoms with van der Waals surface area (Å²) in [7, 11) is 3.46. The lowest BCUT2D eigenvalue weighted by atomic mass is 10.1. The third-order valence-electron chi connectivity index (χ3n) is 4.09. The molecule has 5 heteroatoms. The van der Waals surface area contributed by atoms with E-state index >= 15 is 0 Å². The van der Waals surface area contributed by atoms with E-state index in [1.807, 2.05) is 18.2 Å². The normalized spacial score (nSPS) is 10.9. The second-order valence-corrected chi connectivity index (χ2v) is 5.81. The van der Waals surface area contributed by atoms with Crippen molar-refractivity contribution in [1.29, 1.82) is 0 Å². The Morgan fingerprint density at radius 2 is 1.54 bits per heavy atom. The first-order valence-electron chi connectivity index (χ1n) is 8.33. The van der Waals surface area contributed by atoms with Gasteiger partial charge in [0.2, 0.25) is 0 Å². The van der Waals surface area contributed by atoms with Gasteiger partial charge in [-0.05, 0) is 40.1 Å². The molecule has 0 unspecified atom stereocenters. The first kappa shape index (κ1) is 20.0. The van der Waals surface area contributed by atoms with Gasteiger partial charge in [0.05, 0.1) is 7.11 Å². The predicted octanol–water partition coefficient (Wildman–Crippen LogP) is 4.33. The van der Waals surface area contributed by atoms with Gasteiger partial charge < -0.3 is 15.4 Å². The molecule has 0 aromatic heterocycles. The quantitative estimate of drug-likeness (QED) is 0.338. The molecule has 0 heterocycles. The highest BCUT2D eigenvalue weighted by molar-refractivity contribution is 14.0. The summed E-state index contributed by atoms with van der Waals surface area (Å²) < 4.78 is 5.25. The third kappa shape index (κ3) is 5.36. The van der Waals surface area contributed by atoms with E-state index in [1.165, 1.54) is 16.3 Å². The van der Waals surface area contributed by atoms with Crippen LogP contribution in [0.15, 0.2) is 71.7 Å². The van der Waals surface area contributed by atoms with Gasteiger partial charge in [-0.15, -0.1) is 24.0 Å². The van der Waals surface area contributed by atoms with Crippen LogP contribution in [-0.4, -0.2) is 20.1 Å². The van der Waals surface area contributed by atoms with Crippen molar-refractivity contribution in [3.63, 3.8) is 0 Å². The SMILES string of the molecule is CN=C(NCc1cccc(OC)c1)NCc1ccc2ccccc2c1.I. The van der Waals surface area contributed by atoms with Crippen LogP contribution in [-0.2, 0) is 13.1 Å². The molecule has 0 fully saturated rings. The van der Waals surface area contributed by atoms with E-state index in [9.17, 15) is 0 Å². The Kier molecular flexibility index (Phi) is 7.72. The second-order valence-electron chi connectivity index (χ2n) is 5.81. The fourth-order valence-corrected chi connectivity index (χ4v) is 2.72.